The molecular weight excluding hydrogens is 250 g/mol. The molecule has 2 aliphatic carbocycles. The molecule has 0 bridgehead atoms. The largest absolute Gasteiger partial charge is 0.490 e. The van der Waals surface area contributed by atoms with Gasteiger partial charge in [0, 0.05) is 6.04 Å². The van der Waals surface area contributed by atoms with Gasteiger partial charge in [-0.25, -0.2) is 0 Å². The average Bonchev–Trinajstić information content (AvgIpc) is 3.07. The lowest BCUT2D eigenvalue weighted by Crippen LogP contribution is -2.26. The molecule has 1 aromatic rings. The van der Waals surface area contributed by atoms with Crippen molar-refractivity contribution in [3.05, 3.63) is 28.8 Å². The van der Waals surface area contributed by atoms with Crippen molar-refractivity contribution in [2.45, 2.75) is 44.2 Å². The molecule has 0 saturated heterocycles. The monoisotopic (exact) mass is 265 g/mol. The topological polar surface area (TPSA) is 38.3 Å². The molecule has 2 aliphatic rings. The van der Waals surface area contributed by atoms with E-state index in [-0.39, 0.29) is 5.91 Å². The van der Waals surface area contributed by atoms with E-state index in [9.17, 15) is 4.79 Å². The molecule has 96 valence electrons. The fraction of sp³-hybridized carbons (Fsp3) is 0.500. The SMILES string of the molecule is O=C(NC1CC1)c1ccc(OC2CCC2)cc1Cl. The Hall–Kier alpha value is -1.22. The third-order valence-electron chi connectivity index (χ3n) is 3.45. The maximum absolute atomic E-state index is 11.9. The number of halogens is 1. The predicted octanol–water partition coefficient (Wildman–Crippen LogP) is 3.16. The highest BCUT2D eigenvalue weighted by molar-refractivity contribution is 6.34. The zero-order valence-electron chi connectivity index (χ0n) is 10.1. The number of carbonyl (C=O) groups is 1. The Bertz CT molecular complexity index is 467. The van der Waals surface area contributed by atoms with Crippen LogP contribution in [0, 0.1) is 0 Å². The van der Waals surface area contributed by atoms with Crippen LogP contribution in [0.1, 0.15) is 42.5 Å². The first-order chi connectivity index (χ1) is 8.72. The van der Waals surface area contributed by atoms with Gasteiger partial charge in [0.1, 0.15) is 5.75 Å². The Morgan fingerprint density at radius 1 is 1.28 bits per heavy atom. The molecule has 3 nitrogen and oxygen atoms in total. The van der Waals surface area contributed by atoms with Gasteiger partial charge in [0.05, 0.1) is 16.7 Å². The first kappa shape index (κ1) is 11.8. The number of rotatable bonds is 4. The van der Waals surface area contributed by atoms with Crippen molar-refractivity contribution in [2.24, 2.45) is 0 Å². The number of hydrogen-bond acceptors (Lipinski definition) is 2. The molecule has 2 saturated carbocycles. The normalized spacial score (nSPS) is 19.2. The Morgan fingerprint density at radius 2 is 2.06 bits per heavy atom. The van der Waals surface area contributed by atoms with Crippen LogP contribution in [0.25, 0.3) is 0 Å². The van der Waals surface area contributed by atoms with Crippen molar-refractivity contribution in [1.29, 1.82) is 0 Å². The van der Waals surface area contributed by atoms with Gasteiger partial charge in [-0.1, -0.05) is 11.6 Å². The summed E-state index contributed by atoms with van der Waals surface area (Å²) in [4.78, 5) is 11.9. The van der Waals surface area contributed by atoms with Gasteiger partial charge in [-0.3, -0.25) is 4.79 Å². The van der Waals surface area contributed by atoms with Gasteiger partial charge in [-0.15, -0.1) is 0 Å². The number of carbonyl (C=O) groups excluding carboxylic acids is 1. The van der Waals surface area contributed by atoms with E-state index < -0.39 is 0 Å². The van der Waals surface area contributed by atoms with E-state index >= 15 is 0 Å². The summed E-state index contributed by atoms with van der Waals surface area (Å²) in [5.74, 6) is 0.672. The summed E-state index contributed by atoms with van der Waals surface area (Å²) in [6.07, 6.45) is 5.94. The van der Waals surface area contributed by atoms with Crippen molar-refractivity contribution in [2.75, 3.05) is 0 Å². The molecule has 0 atom stereocenters. The molecule has 2 fully saturated rings. The van der Waals surface area contributed by atoms with Crippen molar-refractivity contribution in [3.63, 3.8) is 0 Å². The molecule has 0 spiro atoms. The van der Waals surface area contributed by atoms with E-state index in [1.165, 1.54) is 6.42 Å². The van der Waals surface area contributed by atoms with Gasteiger partial charge in [0.15, 0.2) is 0 Å². The van der Waals surface area contributed by atoms with E-state index in [2.05, 4.69) is 5.32 Å². The number of benzene rings is 1. The molecule has 0 aromatic heterocycles. The quantitative estimate of drug-likeness (QED) is 0.908. The average molecular weight is 266 g/mol. The van der Waals surface area contributed by atoms with Crippen molar-refractivity contribution in [3.8, 4) is 5.75 Å². The second-order valence-corrected chi connectivity index (χ2v) is 5.47. The van der Waals surface area contributed by atoms with E-state index in [1.54, 1.807) is 12.1 Å². The van der Waals surface area contributed by atoms with Crippen molar-refractivity contribution < 1.29 is 9.53 Å². The number of hydrogen-bond donors (Lipinski definition) is 1. The number of nitrogens with one attached hydrogen (secondary N) is 1. The van der Waals surface area contributed by atoms with Crippen molar-refractivity contribution >= 4 is 17.5 Å². The summed E-state index contributed by atoms with van der Waals surface area (Å²) >= 11 is 6.13. The summed E-state index contributed by atoms with van der Waals surface area (Å²) in [6, 6.07) is 5.65. The number of amides is 1. The van der Waals surface area contributed by atoms with E-state index in [4.69, 9.17) is 16.3 Å². The fourth-order valence-electron chi connectivity index (χ4n) is 1.93. The third-order valence-corrected chi connectivity index (χ3v) is 3.77. The zero-order valence-corrected chi connectivity index (χ0v) is 10.9. The highest BCUT2D eigenvalue weighted by Gasteiger charge is 2.25. The van der Waals surface area contributed by atoms with E-state index in [0.29, 0.717) is 22.7 Å². The lowest BCUT2D eigenvalue weighted by molar-refractivity contribution is 0.0951. The Balaban J connectivity index is 1.68. The molecule has 1 N–H and O–H groups in total. The standard InChI is InChI=1S/C14H16ClNO2/c15-13-8-11(18-10-2-1-3-10)6-7-12(13)14(17)16-9-4-5-9/h6-10H,1-5H2,(H,16,17). The molecule has 0 radical (unpaired) electrons. The predicted molar refractivity (Wildman–Crippen MR) is 70.2 cm³/mol. The molecule has 0 aliphatic heterocycles. The van der Waals surface area contributed by atoms with Crippen LogP contribution in [-0.4, -0.2) is 18.1 Å². The van der Waals surface area contributed by atoms with Gasteiger partial charge in [-0.05, 0) is 50.3 Å². The Kier molecular flexibility index (Phi) is 3.16. The van der Waals surface area contributed by atoms with Gasteiger partial charge >= 0.3 is 0 Å². The maximum atomic E-state index is 11.9. The summed E-state index contributed by atoms with van der Waals surface area (Å²) in [5, 5.41) is 3.39. The molecule has 0 heterocycles. The molecule has 1 aromatic carbocycles. The smallest absolute Gasteiger partial charge is 0.253 e. The zero-order chi connectivity index (χ0) is 12.5. The van der Waals surface area contributed by atoms with Crippen LogP contribution in [0.2, 0.25) is 5.02 Å². The van der Waals surface area contributed by atoms with Crippen LogP contribution >= 0.6 is 11.6 Å². The van der Waals surface area contributed by atoms with Crippen molar-refractivity contribution in [1.82, 2.24) is 5.32 Å². The second-order valence-electron chi connectivity index (χ2n) is 5.06. The first-order valence-corrected chi connectivity index (χ1v) is 6.87. The van der Waals surface area contributed by atoms with Gasteiger partial charge in [0.25, 0.3) is 5.91 Å². The van der Waals surface area contributed by atoms with Crippen LogP contribution in [0.5, 0.6) is 5.75 Å². The van der Waals surface area contributed by atoms with Crippen LogP contribution in [-0.2, 0) is 0 Å². The molecule has 4 heteroatoms. The highest BCUT2D eigenvalue weighted by Crippen LogP contribution is 2.29. The third kappa shape index (κ3) is 2.61. The highest BCUT2D eigenvalue weighted by atomic mass is 35.5. The Morgan fingerprint density at radius 3 is 2.61 bits per heavy atom. The minimum atomic E-state index is -0.0855. The van der Waals surface area contributed by atoms with Gasteiger partial charge in [-0.2, -0.15) is 0 Å². The molecular formula is C14H16ClNO2. The van der Waals surface area contributed by atoms with E-state index in [1.807, 2.05) is 6.07 Å². The van der Waals surface area contributed by atoms with Crippen LogP contribution in [0.15, 0.2) is 18.2 Å². The lowest BCUT2D eigenvalue weighted by atomic mass is 9.96. The molecule has 18 heavy (non-hydrogen) atoms. The fourth-order valence-corrected chi connectivity index (χ4v) is 2.18. The number of ether oxygens (including phenoxy) is 1. The minimum absolute atomic E-state index is 0.0855. The molecule has 0 unspecified atom stereocenters. The van der Waals surface area contributed by atoms with Crippen LogP contribution < -0.4 is 10.1 Å². The molecule has 3 rings (SSSR count). The maximum Gasteiger partial charge on any atom is 0.253 e. The van der Waals surface area contributed by atoms with Crippen LogP contribution in [0.3, 0.4) is 0 Å². The molecule has 1 amide bonds. The second kappa shape index (κ2) is 4.81. The summed E-state index contributed by atoms with van der Waals surface area (Å²) < 4.78 is 5.74. The summed E-state index contributed by atoms with van der Waals surface area (Å²) in [6.45, 7) is 0. The van der Waals surface area contributed by atoms with Crippen LogP contribution in [0.4, 0.5) is 0 Å². The summed E-state index contributed by atoms with van der Waals surface area (Å²) in [7, 11) is 0. The minimum Gasteiger partial charge on any atom is -0.490 e. The summed E-state index contributed by atoms with van der Waals surface area (Å²) in [5.41, 5.74) is 0.532. The Labute approximate surface area is 111 Å². The van der Waals surface area contributed by atoms with E-state index in [0.717, 1.165) is 31.4 Å². The van der Waals surface area contributed by atoms with Gasteiger partial charge < -0.3 is 10.1 Å². The first-order valence-electron chi connectivity index (χ1n) is 6.49. The lowest BCUT2D eigenvalue weighted by Gasteiger charge is -2.26. The van der Waals surface area contributed by atoms with Gasteiger partial charge in [0.2, 0.25) is 0 Å².